The molecule has 2 N–H and O–H groups in total. The van der Waals surface area contributed by atoms with Crippen LogP contribution in [0.1, 0.15) is 11.1 Å². The monoisotopic (exact) mass is 200 g/mol. The molecule has 0 aromatic heterocycles. The third-order valence-corrected chi connectivity index (χ3v) is 2.00. The van der Waals surface area contributed by atoms with Crippen molar-refractivity contribution in [3.05, 3.63) is 34.9 Å². The zero-order valence-corrected chi connectivity index (χ0v) is 8.35. The van der Waals surface area contributed by atoms with Crippen molar-refractivity contribution >= 4 is 0 Å². The summed E-state index contributed by atoms with van der Waals surface area (Å²) in [6, 6.07) is 2.24. The molecule has 0 saturated carbocycles. The standard InChI is InChI=1S/C10H14F2N2/c1-14(2)6-8-7(5-13)9(11)3-4-10(8)12/h3-4H,5-6,13H2,1-2H3. The van der Waals surface area contributed by atoms with Crippen LogP contribution >= 0.6 is 0 Å². The third-order valence-electron chi connectivity index (χ3n) is 2.00. The van der Waals surface area contributed by atoms with E-state index >= 15 is 0 Å². The molecule has 0 amide bonds. The molecule has 0 aliphatic rings. The maximum atomic E-state index is 13.3. The molecule has 14 heavy (non-hydrogen) atoms. The molecule has 0 aliphatic carbocycles. The molecule has 4 heteroatoms. The van der Waals surface area contributed by atoms with E-state index in [0.717, 1.165) is 12.1 Å². The molecular weight excluding hydrogens is 186 g/mol. The van der Waals surface area contributed by atoms with Gasteiger partial charge in [-0.15, -0.1) is 0 Å². The highest BCUT2D eigenvalue weighted by Crippen LogP contribution is 2.18. The third kappa shape index (κ3) is 2.27. The minimum Gasteiger partial charge on any atom is -0.326 e. The lowest BCUT2D eigenvalue weighted by Gasteiger charge is -2.14. The van der Waals surface area contributed by atoms with Crippen LogP contribution in [-0.2, 0) is 13.1 Å². The van der Waals surface area contributed by atoms with Crippen LogP contribution in [0.2, 0.25) is 0 Å². The highest BCUT2D eigenvalue weighted by molar-refractivity contribution is 5.30. The molecule has 1 aromatic carbocycles. The molecule has 0 heterocycles. The average Bonchev–Trinajstić information content (AvgIpc) is 2.11. The van der Waals surface area contributed by atoms with Crippen LogP contribution in [0.15, 0.2) is 12.1 Å². The van der Waals surface area contributed by atoms with Crippen molar-refractivity contribution in [3.63, 3.8) is 0 Å². The Kier molecular flexibility index (Phi) is 3.55. The van der Waals surface area contributed by atoms with Crippen molar-refractivity contribution in [2.24, 2.45) is 5.73 Å². The largest absolute Gasteiger partial charge is 0.326 e. The van der Waals surface area contributed by atoms with Gasteiger partial charge in [-0.3, -0.25) is 0 Å². The molecule has 0 spiro atoms. The fraction of sp³-hybridized carbons (Fsp3) is 0.400. The Bertz CT molecular complexity index is 324. The van der Waals surface area contributed by atoms with Crippen LogP contribution in [0.3, 0.4) is 0 Å². The lowest BCUT2D eigenvalue weighted by molar-refractivity contribution is 0.388. The van der Waals surface area contributed by atoms with Crippen molar-refractivity contribution in [2.75, 3.05) is 14.1 Å². The first-order valence-electron chi connectivity index (χ1n) is 4.36. The summed E-state index contributed by atoms with van der Waals surface area (Å²) in [4.78, 5) is 1.77. The molecule has 78 valence electrons. The van der Waals surface area contributed by atoms with E-state index in [1.807, 2.05) is 0 Å². The van der Waals surface area contributed by atoms with Crippen molar-refractivity contribution in [2.45, 2.75) is 13.1 Å². The lowest BCUT2D eigenvalue weighted by Crippen LogP contribution is -2.16. The van der Waals surface area contributed by atoms with E-state index in [1.165, 1.54) is 0 Å². The molecule has 1 rings (SSSR count). The number of benzene rings is 1. The van der Waals surface area contributed by atoms with E-state index < -0.39 is 11.6 Å². The fourth-order valence-corrected chi connectivity index (χ4v) is 1.34. The number of hydrogen-bond donors (Lipinski definition) is 1. The molecule has 0 radical (unpaired) electrons. The van der Waals surface area contributed by atoms with Gasteiger partial charge < -0.3 is 10.6 Å². The van der Waals surface area contributed by atoms with Crippen LogP contribution in [0.4, 0.5) is 8.78 Å². The maximum absolute atomic E-state index is 13.3. The Labute approximate surface area is 82.3 Å². The van der Waals surface area contributed by atoms with E-state index in [-0.39, 0.29) is 12.1 Å². The molecule has 0 bridgehead atoms. The Hall–Kier alpha value is -1.00. The van der Waals surface area contributed by atoms with Gasteiger partial charge in [0.25, 0.3) is 0 Å². The maximum Gasteiger partial charge on any atom is 0.128 e. The summed E-state index contributed by atoms with van der Waals surface area (Å²) in [6.07, 6.45) is 0. The minimum atomic E-state index is -0.439. The summed E-state index contributed by atoms with van der Waals surface area (Å²) in [5, 5.41) is 0. The van der Waals surface area contributed by atoms with Crippen LogP contribution in [0.5, 0.6) is 0 Å². The summed E-state index contributed by atoms with van der Waals surface area (Å²) in [5.41, 5.74) is 5.98. The van der Waals surface area contributed by atoms with Gasteiger partial charge in [-0.05, 0) is 26.2 Å². The Morgan fingerprint density at radius 1 is 1.14 bits per heavy atom. The topological polar surface area (TPSA) is 29.3 Å². The zero-order valence-electron chi connectivity index (χ0n) is 8.35. The van der Waals surface area contributed by atoms with Crippen LogP contribution in [0.25, 0.3) is 0 Å². The Morgan fingerprint density at radius 3 is 2.07 bits per heavy atom. The van der Waals surface area contributed by atoms with Crippen LogP contribution in [0, 0.1) is 11.6 Å². The van der Waals surface area contributed by atoms with Gasteiger partial charge in [-0.1, -0.05) is 0 Å². The van der Waals surface area contributed by atoms with Crippen LogP contribution in [-0.4, -0.2) is 19.0 Å². The first kappa shape index (κ1) is 11.1. The number of halogens is 2. The van der Waals surface area contributed by atoms with Crippen molar-refractivity contribution in [1.82, 2.24) is 4.90 Å². The first-order chi connectivity index (χ1) is 6.56. The predicted octanol–water partition coefficient (Wildman–Crippen LogP) is 1.49. The molecule has 0 fully saturated rings. The van der Waals surface area contributed by atoms with Crippen molar-refractivity contribution < 1.29 is 8.78 Å². The molecule has 0 saturated heterocycles. The van der Waals surface area contributed by atoms with Gasteiger partial charge in [0, 0.05) is 24.2 Å². The van der Waals surface area contributed by atoms with E-state index in [9.17, 15) is 8.78 Å². The second-order valence-electron chi connectivity index (χ2n) is 3.43. The smallest absolute Gasteiger partial charge is 0.128 e. The van der Waals surface area contributed by atoms with Gasteiger partial charge in [-0.2, -0.15) is 0 Å². The highest BCUT2D eigenvalue weighted by atomic mass is 19.1. The van der Waals surface area contributed by atoms with E-state index in [0.29, 0.717) is 12.1 Å². The number of nitrogens with two attached hydrogens (primary N) is 1. The SMILES string of the molecule is CN(C)Cc1c(F)ccc(F)c1CN. The molecule has 0 aliphatic heterocycles. The molecule has 1 aromatic rings. The molecule has 0 atom stereocenters. The second-order valence-corrected chi connectivity index (χ2v) is 3.43. The van der Waals surface area contributed by atoms with E-state index in [4.69, 9.17) is 5.73 Å². The number of nitrogens with zero attached hydrogens (tertiary/aromatic N) is 1. The van der Waals surface area contributed by atoms with E-state index in [1.54, 1.807) is 19.0 Å². The molecular formula is C10H14F2N2. The van der Waals surface area contributed by atoms with Crippen LogP contribution < -0.4 is 5.73 Å². The Balaban J connectivity index is 3.16. The predicted molar refractivity (Wildman–Crippen MR) is 51.6 cm³/mol. The van der Waals surface area contributed by atoms with Crippen molar-refractivity contribution in [3.8, 4) is 0 Å². The summed E-state index contributed by atoms with van der Waals surface area (Å²) in [7, 11) is 3.59. The number of rotatable bonds is 3. The normalized spacial score (nSPS) is 11.0. The second kappa shape index (κ2) is 4.48. The van der Waals surface area contributed by atoms with Gasteiger partial charge in [0.05, 0.1) is 0 Å². The van der Waals surface area contributed by atoms with Crippen molar-refractivity contribution in [1.29, 1.82) is 0 Å². The van der Waals surface area contributed by atoms with Gasteiger partial charge in [0.1, 0.15) is 11.6 Å². The molecule has 2 nitrogen and oxygen atoms in total. The van der Waals surface area contributed by atoms with Gasteiger partial charge in [-0.25, -0.2) is 8.78 Å². The molecule has 0 unspecified atom stereocenters. The number of hydrogen-bond acceptors (Lipinski definition) is 2. The highest BCUT2D eigenvalue weighted by Gasteiger charge is 2.12. The summed E-state index contributed by atoms with van der Waals surface area (Å²) in [5.74, 6) is -0.841. The van der Waals surface area contributed by atoms with Gasteiger partial charge in [0.15, 0.2) is 0 Å². The lowest BCUT2D eigenvalue weighted by atomic mass is 10.1. The van der Waals surface area contributed by atoms with E-state index in [2.05, 4.69) is 0 Å². The summed E-state index contributed by atoms with van der Waals surface area (Å²) < 4.78 is 26.5. The average molecular weight is 200 g/mol. The summed E-state index contributed by atoms with van der Waals surface area (Å²) in [6.45, 7) is 0.378. The fourth-order valence-electron chi connectivity index (χ4n) is 1.34. The first-order valence-corrected chi connectivity index (χ1v) is 4.36. The quantitative estimate of drug-likeness (QED) is 0.800. The zero-order chi connectivity index (χ0) is 10.7. The van der Waals surface area contributed by atoms with Gasteiger partial charge in [0.2, 0.25) is 0 Å². The Morgan fingerprint density at radius 2 is 1.64 bits per heavy atom. The van der Waals surface area contributed by atoms with Gasteiger partial charge >= 0.3 is 0 Å². The minimum absolute atomic E-state index is 0.0206. The summed E-state index contributed by atoms with van der Waals surface area (Å²) >= 11 is 0.